The maximum atomic E-state index is 13.5. The van der Waals surface area contributed by atoms with Crippen LogP contribution in [0.15, 0.2) is 66.0 Å². The Balaban J connectivity index is 1.76. The first-order valence-corrected chi connectivity index (χ1v) is 12.4. The fourth-order valence-electron chi connectivity index (χ4n) is 3.49. The van der Waals surface area contributed by atoms with E-state index in [2.05, 4.69) is 9.97 Å². The number of carbonyl (C=O) groups excluding carboxylic acids is 2. The van der Waals surface area contributed by atoms with Gasteiger partial charge in [-0.3, -0.25) is 14.6 Å². The van der Waals surface area contributed by atoms with Crippen LogP contribution < -0.4 is 9.80 Å². The number of nitrogens with zero attached hydrogens (tertiary/aromatic N) is 5. The summed E-state index contributed by atoms with van der Waals surface area (Å²) in [5.41, 5.74) is 1.54. The predicted molar refractivity (Wildman–Crippen MR) is 128 cm³/mol. The van der Waals surface area contributed by atoms with Crippen LogP contribution in [0.3, 0.4) is 0 Å². The second-order valence-electron chi connectivity index (χ2n) is 7.94. The fourth-order valence-corrected chi connectivity index (χ4v) is 4.92. The zero-order valence-electron chi connectivity index (χ0n) is 18.6. The van der Waals surface area contributed by atoms with Gasteiger partial charge in [0.2, 0.25) is 20.9 Å². The maximum absolute atomic E-state index is 13.5. The number of aromatic nitrogens is 2. The van der Waals surface area contributed by atoms with Gasteiger partial charge in [-0.2, -0.15) is 0 Å². The predicted octanol–water partition coefficient (Wildman–Crippen LogP) is 3.14. The number of halogens is 1. The average molecular weight is 500 g/mol. The molecule has 34 heavy (non-hydrogen) atoms. The average Bonchev–Trinajstić information content (AvgIpc) is 2.81. The number of anilines is 2. The molecule has 4 rings (SSSR count). The smallest absolute Gasteiger partial charge is 0.331 e. The molecule has 0 saturated carbocycles. The third kappa shape index (κ3) is 4.73. The van der Waals surface area contributed by atoms with Gasteiger partial charge in [0.15, 0.2) is 0 Å². The summed E-state index contributed by atoms with van der Waals surface area (Å²) in [4.78, 5) is 38.2. The highest BCUT2D eigenvalue weighted by Crippen LogP contribution is 2.34. The SMILES string of the molecule is CN(C)C(=O)CN1C(=O)N(c2ccccc2Cl)Cc2cnc(S(=O)(=O)Cc3ccccc3)nc21. The van der Waals surface area contributed by atoms with E-state index in [4.69, 9.17) is 11.6 Å². The normalized spacial score (nSPS) is 13.6. The molecule has 0 N–H and O–H groups in total. The van der Waals surface area contributed by atoms with E-state index >= 15 is 0 Å². The van der Waals surface area contributed by atoms with Crippen molar-refractivity contribution in [3.8, 4) is 0 Å². The minimum Gasteiger partial charge on any atom is -0.347 e. The lowest BCUT2D eigenvalue weighted by molar-refractivity contribution is -0.127. The molecule has 0 radical (unpaired) electrons. The Labute approximate surface area is 202 Å². The number of amides is 3. The molecule has 0 bridgehead atoms. The van der Waals surface area contributed by atoms with E-state index in [1.165, 1.54) is 16.0 Å². The molecule has 0 spiro atoms. The van der Waals surface area contributed by atoms with Gasteiger partial charge >= 0.3 is 6.03 Å². The zero-order chi connectivity index (χ0) is 24.5. The summed E-state index contributed by atoms with van der Waals surface area (Å²) in [7, 11) is -0.758. The Morgan fingerprint density at radius 2 is 1.76 bits per heavy atom. The van der Waals surface area contributed by atoms with Crippen molar-refractivity contribution >= 4 is 44.9 Å². The monoisotopic (exact) mass is 499 g/mol. The van der Waals surface area contributed by atoms with Gasteiger partial charge < -0.3 is 4.90 Å². The van der Waals surface area contributed by atoms with Gasteiger partial charge in [-0.1, -0.05) is 54.1 Å². The van der Waals surface area contributed by atoms with E-state index in [1.54, 1.807) is 68.7 Å². The van der Waals surface area contributed by atoms with Crippen molar-refractivity contribution in [2.75, 3.05) is 30.4 Å². The number of sulfone groups is 1. The first kappa shape index (κ1) is 23.7. The van der Waals surface area contributed by atoms with Crippen molar-refractivity contribution in [2.24, 2.45) is 0 Å². The Morgan fingerprint density at radius 3 is 2.44 bits per heavy atom. The molecule has 0 fully saturated rings. The highest BCUT2D eigenvalue weighted by Gasteiger charge is 2.36. The van der Waals surface area contributed by atoms with Crippen molar-refractivity contribution in [1.82, 2.24) is 14.9 Å². The van der Waals surface area contributed by atoms with Crippen LogP contribution in [0, 0.1) is 0 Å². The van der Waals surface area contributed by atoms with E-state index in [-0.39, 0.29) is 30.6 Å². The van der Waals surface area contributed by atoms with Gasteiger partial charge in [-0.15, -0.1) is 0 Å². The minimum atomic E-state index is -3.90. The highest BCUT2D eigenvalue weighted by molar-refractivity contribution is 7.90. The zero-order valence-corrected chi connectivity index (χ0v) is 20.1. The highest BCUT2D eigenvalue weighted by atomic mass is 35.5. The van der Waals surface area contributed by atoms with Crippen LogP contribution >= 0.6 is 11.6 Å². The van der Waals surface area contributed by atoms with Crippen LogP contribution in [0.1, 0.15) is 11.1 Å². The maximum Gasteiger partial charge on any atom is 0.331 e. The number of fused-ring (bicyclic) bond motifs is 1. The first-order valence-electron chi connectivity index (χ1n) is 10.3. The van der Waals surface area contributed by atoms with Gasteiger partial charge in [-0.05, 0) is 17.7 Å². The Hall–Kier alpha value is -3.50. The molecule has 2 heterocycles. The van der Waals surface area contributed by atoms with E-state index < -0.39 is 21.0 Å². The number of para-hydroxylation sites is 1. The quantitative estimate of drug-likeness (QED) is 0.483. The van der Waals surface area contributed by atoms with Crippen LogP contribution in [0.4, 0.5) is 16.3 Å². The van der Waals surface area contributed by atoms with Crippen molar-refractivity contribution in [3.63, 3.8) is 0 Å². The third-order valence-electron chi connectivity index (χ3n) is 5.28. The number of likely N-dealkylation sites (N-methyl/N-ethyl adjacent to an activating group) is 1. The minimum absolute atomic E-state index is 0.0730. The number of hydrogen-bond acceptors (Lipinski definition) is 6. The largest absolute Gasteiger partial charge is 0.347 e. The summed E-state index contributed by atoms with van der Waals surface area (Å²) in [6.07, 6.45) is 1.38. The van der Waals surface area contributed by atoms with Crippen LogP contribution in [0.25, 0.3) is 0 Å². The standard InChI is InChI=1S/C23H22ClN5O4S/c1-27(2)20(30)14-29-21-17(13-28(23(29)31)19-11-7-6-10-18(19)24)12-25-22(26-21)34(32,33)15-16-8-4-3-5-9-16/h3-12H,13-15H2,1-2H3. The summed E-state index contributed by atoms with van der Waals surface area (Å²) < 4.78 is 26.0. The van der Waals surface area contributed by atoms with Gasteiger partial charge in [0, 0.05) is 25.9 Å². The molecule has 0 unspecified atom stereocenters. The lowest BCUT2D eigenvalue weighted by Gasteiger charge is -2.36. The van der Waals surface area contributed by atoms with Gasteiger partial charge in [0.05, 0.1) is 23.0 Å². The van der Waals surface area contributed by atoms with Gasteiger partial charge in [0.1, 0.15) is 12.4 Å². The molecule has 2 aromatic carbocycles. The fraction of sp³-hybridized carbons (Fsp3) is 0.217. The van der Waals surface area contributed by atoms with E-state index in [0.717, 1.165) is 4.90 Å². The van der Waals surface area contributed by atoms with E-state index in [1.807, 2.05) is 0 Å². The Morgan fingerprint density at radius 1 is 1.09 bits per heavy atom. The first-order chi connectivity index (χ1) is 16.2. The second kappa shape index (κ2) is 9.40. The van der Waals surface area contributed by atoms with Crippen molar-refractivity contribution in [2.45, 2.75) is 17.5 Å². The molecule has 3 amide bonds. The third-order valence-corrected chi connectivity index (χ3v) is 7.06. The van der Waals surface area contributed by atoms with Gasteiger partial charge in [0.25, 0.3) is 0 Å². The second-order valence-corrected chi connectivity index (χ2v) is 10.2. The molecule has 176 valence electrons. The summed E-state index contributed by atoms with van der Waals surface area (Å²) in [5, 5.41) is -0.0439. The molecular formula is C23H22ClN5O4S. The Kier molecular flexibility index (Phi) is 6.54. The van der Waals surface area contributed by atoms with Crippen molar-refractivity contribution in [1.29, 1.82) is 0 Å². The van der Waals surface area contributed by atoms with E-state index in [9.17, 15) is 18.0 Å². The summed E-state index contributed by atoms with van der Waals surface area (Å²) in [6, 6.07) is 15.0. The van der Waals surface area contributed by atoms with Crippen molar-refractivity contribution in [3.05, 3.63) is 76.9 Å². The molecular weight excluding hydrogens is 478 g/mol. The molecule has 11 heteroatoms. The molecule has 1 aromatic heterocycles. The van der Waals surface area contributed by atoms with Gasteiger partial charge in [-0.25, -0.2) is 23.2 Å². The van der Waals surface area contributed by atoms with Crippen LogP contribution in [-0.2, 0) is 26.9 Å². The molecule has 0 atom stereocenters. The molecule has 0 saturated heterocycles. The number of hydrogen-bond donors (Lipinski definition) is 0. The van der Waals surface area contributed by atoms with Crippen LogP contribution in [-0.4, -0.2) is 55.9 Å². The summed E-state index contributed by atoms with van der Waals surface area (Å²) >= 11 is 6.32. The van der Waals surface area contributed by atoms with Crippen molar-refractivity contribution < 1.29 is 18.0 Å². The number of urea groups is 1. The van der Waals surface area contributed by atoms with Crippen LogP contribution in [0.2, 0.25) is 5.02 Å². The Bertz CT molecular complexity index is 1350. The summed E-state index contributed by atoms with van der Waals surface area (Å²) in [6.45, 7) is -0.251. The molecule has 1 aliphatic heterocycles. The van der Waals surface area contributed by atoms with Crippen LogP contribution in [0.5, 0.6) is 0 Å². The number of benzene rings is 2. The molecule has 1 aliphatic rings. The molecule has 0 aliphatic carbocycles. The summed E-state index contributed by atoms with van der Waals surface area (Å²) in [5.74, 6) is -0.555. The lowest BCUT2D eigenvalue weighted by Crippen LogP contribution is -2.51. The van der Waals surface area contributed by atoms with E-state index in [0.29, 0.717) is 21.8 Å². The number of rotatable bonds is 6. The topological polar surface area (TPSA) is 104 Å². The molecule has 9 nitrogen and oxygen atoms in total. The lowest BCUT2D eigenvalue weighted by atomic mass is 10.2. The molecule has 3 aromatic rings. The number of carbonyl (C=O) groups is 2.